The zero-order valence-corrected chi connectivity index (χ0v) is 12.8. The highest BCUT2D eigenvalue weighted by atomic mass is 32.2. The van der Waals surface area contributed by atoms with Gasteiger partial charge in [0.25, 0.3) is 5.56 Å². The monoisotopic (exact) mass is 300 g/mol. The summed E-state index contributed by atoms with van der Waals surface area (Å²) >= 11 is 1.80. The Labute approximate surface area is 129 Å². The Morgan fingerprint density at radius 3 is 2.90 bits per heavy atom. The number of nitrogens with one attached hydrogen (secondary N) is 1. The van der Waals surface area contributed by atoms with Gasteiger partial charge in [-0.25, -0.2) is 0 Å². The van der Waals surface area contributed by atoms with Crippen molar-refractivity contribution in [3.63, 3.8) is 0 Å². The first kappa shape index (κ1) is 14.4. The molecule has 2 aromatic rings. The Bertz CT molecular complexity index is 649. The number of aryl methyl sites for hydroxylation is 1. The van der Waals surface area contributed by atoms with Gasteiger partial charge in [-0.3, -0.25) is 4.79 Å². The van der Waals surface area contributed by atoms with E-state index in [-0.39, 0.29) is 5.56 Å². The highest BCUT2D eigenvalue weighted by Crippen LogP contribution is 2.22. The Kier molecular flexibility index (Phi) is 4.78. The number of pyridine rings is 1. The lowest BCUT2D eigenvalue weighted by atomic mass is 10.2. The van der Waals surface area contributed by atoms with E-state index in [1.165, 1.54) is 23.3 Å². The van der Waals surface area contributed by atoms with Gasteiger partial charge < -0.3 is 9.88 Å². The van der Waals surface area contributed by atoms with Crippen molar-refractivity contribution in [2.75, 3.05) is 5.75 Å². The molecule has 0 atom stereocenters. The zero-order valence-electron chi connectivity index (χ0n) is 12.0. The van der Waals surface area contributed by atoms with Crippen LogP contribution in [0, 0.1) is 0 Å². The normalized spacial score (nSPS) is 14.3. The van der Waals surface area contributed by atoms with Crippen molar-refractivity contribution in [2.45, 2.75) is 36.9 Å². The second-order valence-corrected chi connectivity index (χ2v) is 6.55. The summed E-state index contributed by atoms with van der Waals surface area (Å²) in [4.78, 5) is 12.9. The molecule has 1 N–H and O–H groups in total. The Morgan fingerprint density at radius 1 is 1.19 bits per heavy atom. The summed E-state index contributed by atoms with van der Waals surface area (Å²) in [5, 5.41) is 3.53. The predicted octanol–water partition coefficient (Wildman–Crippen LogP) is 2.89. The second-order valence-electron chi connectivity index (χ2n) is 5.38. The van der Waals surface area contributed by atoms with Gasteiger partial charge in [0.2, 0.25) is 0 Å². The van der Waals surface area contributed by atoms with Crippen LogP contribution in [0.1, 0.15) is 18.4 Å². The van der Waals surface area contributed by atoms with Crippen LogP contribution < -0.4 is 10.9 Å². The lowest BCUT2D eigenvalue weighted by Gasteiger charge is -2.07. The van der Waals surface area contributed by atoms with Gasteiger partial charge in [-0.05, 0) is 36.6 Å². The maximum atomic E-state index is 11.6. The third kappa shape index (κ3) is 4.48. The minimum atomic E-state index is 0.0699. The highest BCUT2D eigenvalue weighted by molar-refractivity contribution is 7.99. The summed E-state index contributed by atoms with van der Waals surface area (Å²) < 4.78 is 1.76. The van der Waals surface area contributed by atoms with Crippen LogP contribution in [-0.2, 0) is 13.1 Å². The van der Waals surface area contributed by atoms with Crippen LogP contribution in [0.4, 0.5) is 0 Å². The van der Waals surface area contributed by atoms with Crippen molar-refractivity contribution in [1.82, 2.24) is 9.88 Å². The van der Waals surface area contributed by atoms with Crippen molar-refractivity contribution in [1.29, 1.82) is 0 Å². The fourth-order valence-electron chi connectivity index (χ4n) is 2.20. The first-order valence-corrected chi connectivity index (χ1v) is 8.40. The summed E-state index contributed by atoms with van der Waals surface area (Å²) in [5.74, 6) is 0.906. The molecule has 1 fully saturated rings. The topological polar surface area (TPSA) is 34.0 Å². The lowest BCUT2D eigenvalue weighted by Crippen LogP contribution is -2.18. The van der Waals surface area contributed by atoms with Gasteiger partial charge in [0.15, 0.2) is 0 Å². The maximum Gasteiger partial charge on any atom is 0.250 e. The van der Waals surface area contributed by atoms with E-state index in [4.69, 9.17) is 0 Å². The average molecular weight is 300 g/mol. The molecule has 0 amide bonds. The smallest absolute Gasteiger partial charge is 0.250 e. The first-order valence-electron chi connectivity index (χ1n) is 7.42. The average Bonchev–Trinajstić information content (AvgIpc) is 3.32. The van der Waals surface area contributed by atoms with Gasteiger partial charge in [0, 0.05) is 42.0 Å². The van der Waals surface area contributed by atoms with Crippen LogP contribution in [-0.4, -0.2) is 16.4 Å². The highest BCUT2D eigenvalue weighted by Gasteiger charge is 2.19. The minimum absolute atomic E-state index is 0.0699. The van der Waals surface area contributed by atoms with Gasteiger partial charge in [0.05, 0.1) is 0 Å². The van der Waals surface area contributed by atoms with Crippen LogP contribution >= 0.6 is 11.8 Å². The number of thioether (sulfide) groups is 1. The SMILES string of the molecule is O=c1ccccn1CCSc1cccc(CNC2CC2)c1. The number of hydrogen-bond acceptors (Lipinski definition) is 3. The number of rotatable bonds is 7. The summed E-state index contributed by atoms with van der Waals surface area (Å²) in [6.45, 7) is 1.70. The van der Waals surface area contributed by atoms with Gasteiger partial charge in [0.1, 0.15) is 0 Å². The van der Waals surface area contributed by atoms with Crippen LogP contribution in [0.2, 0.25) is 0 Å². The van der Waals surface area contributed by atoms with Gasteiger partial charge in [-0.1, -0.05) is 18.2 Å². The molecule has 0 aliphatic heterocycles. The molecule has 0 spiro atoms. The van der Waals surface area contributed by atoms with E-state index in [0.29, 0.717) is 0 Å². The van der Waals surface area contributed by atoms with Gasteiger partial charge in [-0.15, -0.1) is 11.8 Å². The molecule has 0 unspecified atom stereocenters. The Morgan fingerprint density at radius 2 is 2.10 bits per heavy atom. The molecule has 1 aromatic carbocycles. The van der Waals surface area contributed by atoms with E-state index in [1.807, 2.05) is 12.3 Å². The van der Waals surface area contributed by atoms with Crippen molar-refractivity contribution < 1.29 is 0 Å². The fourth-order valence-corrected chi connectivity index (χ4v) is 3.14. The molecule has 1 aliphatic carbocycles. The summed E-state index contributed by atoms with van der Waals surface area (Å²) in [6.07, 6.45) is 4.49. The number of nitrogens with zero attached hydrogens (tertiary/aromatic N) is 1. The molecule has 0 bridgehead atoms. The molecule has 1 saturated carbocycles. The van der Waals surface area contributed by atoms with Crippen molar-refractivity contribution in [2.24, 2.45) is 0 Å². The molecular weight excluding hydrogens is 280 g/mol. The summed E-state index contributed by atoms with van der Waals surface area (Å²) in [7, 11) is 0. The molecule has 0 saturated heterocycles. The van der Waals surface area contributed by atoms with Crippen LogP contribution in [0.5, 0.6) is 0 Å². The number of aromatic nitrogens is 1. The predicted molar refractivity (Wildman–Crippen MR) is 87.7 cm³/mol. The summed E-state index contributed by atoms with van der Waals surface area (Å²) in [5.41, 5.74) is 1.41. The summed E-state index contributed by atoms with van der Waals surface area (Å²) in [6, 6.07) is 14.7. The molecule has 4 heteroatoms. The van der Waals surface area contributed by atoms with E-state index < -0.39 is 0 Å². The van der Waals surface area contributed by atoms with E-state index in [2.05, 4.69) is 29.6 Å². The number of benzene rings is 1. The van der Waals surface area contributed by atoms with Gasteiger partial charge >= 0.3 is 0 Å². The zero-order chi connectivity index (χ0) is 14.5. The molecule has 110 valence electrons. The van der Waals surface area contributed by atoms with E-state index in [9.17, 15) is 4.79 Å². The fraction of sp³-hybridized carbons (Fsp3) is 0.353. The Balaban J connectivity index is 1.51. The molecule has 0 radical (unpaired) electrons. The van der Waals surface area contributed by atoms with Crippen LogP contribution in [0.15, 0.2) is 58.4 Å². The van der Waals surface area contributed by atoms with Gasteiger partial charge in [-0.2, -0.15) is 0 Å². The van der Waals surface area contributed by atoms with Crippen molar-refractivity contribution >= 4 is 11.8 Å². The molecule has 21 heavy (non-hydrogen) atoms. The molecule has 1 aliphatic rings. The molecule has 1 aromatic heterocycles. The van der Waals surface area contributed by atoms with Crippen molar-refractivity contribution in [3.8, 4) is 0 Å². The molecule has 1 heterocycles. The van der Waals surface area contributed by atoms with Crippen LogP contribution in [0.25, 0.3) is 0 Å². The molecule has 3 rings (SSSR count). The van der Waals surface area contributed by atoms with Crippen LogP contribution in [0.3, 0.4) is 0 Å². The second kappa shape index (κ2) is 6.96. The first-order chi connectivity index (χ1) is 10.3. The molecule has 3 nitrogen and oxygen atoms in total. The van der Waals surface area contributed by atoms with E-state index >= 15 is 0 Å². The minimum Gasteiger partial charge on any atom is -0.315 e. The maximum absolute atomic E-state index is 11.6. The molecular formula is C17H20N2OS. The lowest BCUT2D eigenvalue weighted by molar-refractivity contribution is 0.687. The third-order valence-electron chi connectivity index (χ3n) is 3.57. The standard InChI is InChI=1S/C17H20N2OS/c20-17-6-1-2-9-19(17)10-11-21-16-5-3-4-14(12-16)13-18-15-7-8-15/h1-6,9,12,15,18H,7-8,10-11,13H2. The van der Waals surface area contributed by atoms with E-state index in [0.717, 1.165) is 24.9 Å². The van der Waals surface area contributed by atoms with Crippen molar-refractivity contribution in [3.05, 3.63) is 64.6 Å². The Hall–Kier alpha value is -1.52. The third-order valence-corrected chi connectivity index (χ3v) is 4.54. The quantitative estimate of drug-likeness (QED) is 0.798. The largest absolute Gasteiger partial charge is 0.315 e. The number of hydrogen-bond donors (Lipinski definition) is 1. The van der Waals surface area contributed by atoms with E-state index in [1.54, 1.807) is 28.5 Å².